The minimum absolute atomic E-state index is 0.145. The molecule has 1 aliphatic rings. The maximum absolute atomic E-state index is 13.9. The van der Waals surface area contributed by atoms with E-state index in [1.54, 1.807) is 6.07 Å². The monoisotopic (exact) mass is 334 g/mol. The first kappa shape index (κ1) is 18.7. The van der Waals surface area contributed by atoms with Crippen molar-refractivity contribution in [2.24, 2.45) is 10.9 Å². The molecule has 0 saturated carbocycles. The zero-order valence-corrected chi connectivity index (χ0v) is 15.5. The quantitative estimate of drug-likeness (QED) is 0.663. The Morgan fingerprint density at radius 2 is 2.21 bits per heavy atom. The first-order valence-corrected chi connectivity index (χ1v) is 8.95. The SMILES string of the molecule is CCNC(=NCc1ccc(F)c(CN(C)C)c1)N1CCCC(C)C1. The molecule has 5 heteroatoms. The molecule has 1 aromatic rings. The van der Waals surface area contributed by atoms with Gasteiger partial charge >= 0.3 is 0 Å². The Hall–Kier alpha value is -1.62. The van der Waals surface area contributed by atoms with E-state index in [2.05, 4.69) is 24.1 Å². The van der Waals surface area contributed by atoms with Crippen LogP contribution in [0.4, 0.5) is 4.39 Å². The Bertz CT molecular complexity index is 556. The van der Waals surface area contributed by atoms with Gasteiger partial charge < -0.3 is 15.1 Å². The van der Waals surface area contributed by atoms with E-state index in [1.807, 2.05) is 31.1 Å². The zero-order valence-electron chi connectivity index (χ0n) is 15.5. The number of halogens is 1. The predicted octanol–water partition coefficient (Wildman–Crippen LogP) is 3.08. The zero-order chi connectivity index (χ0) is 17.5. The van der Waals surface area contributed by atoms with E-state index in [0.717, 1.165) is 36.7 Å². The number of hydrogen-bond donors (Lipinski definition) is 1. The molecule has 24 heavy (non-hydrogen) atoms. The molecule has 0 aromatic heterocycles. The van der Waals surface area contributed by atoms with Gasteiger partial charge in [-0.3, -0.25) is 0 Å². The van der Waals surface area contributed by atoms with Crippen molar-refractivity contribution in [3.63, 3.8) is 0 Å². The van der Waals surface area contributed by atoms with Gasteiger partial charge in [0.05, 0.1) is 6.54 Å². The summed E-state index contributed by atoms with van der Waals surface area (Å²) in [7, 11) is 3.90. The molecule has 2 rings (SSSR count). The standard InChI is InChI=1S/C19H31FN4/c1-5-21-19(24-10-6-7-15(2)13-24)22-12-16-8-9-18(20)17(11-16)14-23(3)4/h8-9,11,15H,5-7,10,12-14H2,1-4H3,(H,21,22). The molecule has 4 nitrogen and oxygen atoms in total. The highest BCUT2D eigenvalue weighted by atomic mass is 19.1. The summed E-state index contributed by atoms with van der Waals surface area (Å²) in [6.45, 7) is 8.55. The van der Waals surface area contributed by atoms with Crippen LogP contribution in [0.2, 0.25) is 0 Å². The normalized spacial score (nSPS) is 19.0. The van der Waals surface area contributed by atoms with Crippen molar-refractivity contribution in [2.75, 3.05) is 33.7 Å². The molecule has 0 amide bonds. The lowest BCUT2D eigenvalue weighted by Gasteiger charge is -2.33. The van der Waals surface area contributed by atoms with Crippen molar-refractivity contribution in [2.45, 2.75) is 39.8 Å². The van der Waals surface area contributed by atoms with Gasteiger partial charge in [0, 0.05) is 31.7 Å². The summed E-state index contributed by atoms with van der Waals surface area (Å²) >= 11 is 0. The molecule has 134 valence electrons. The molecule has 0 spiro atoms. The van der Waals surface area contributed by atoms with Crippen molar-refractivity contribution in [1.82, 2.24) is 15.1 Å². The third-order valence-corrected chi connectivity index (χ3v) is 4.30. The smallest absolute Gasteiger partial charge is 0.194 e. The molecule has 1 fully saturated rings. The van der Waals surface area contributed by atoms with Gasteiger partial charge in [-0.15, -0.1) is 0 Å². The molecule has 1 aliphatic heterocycles. The van der Waals surface area contributed by atoms with E-state index in [9.17, 15) is 4.39 Å². The summed E-state index contributed by atoms with van der Waals surface area (Å²) in [4.78, 5) is 9.11. The van der Waals surface area contributed by atoms with Crippen molar-refractivity contribution in [3.8, 4) is 0 Å². The van der Waals surface area contributed by atoms with Gasteiger partial charge in [-0.2, -0.15) is 0 Å². The van der Waals surface area contributed by atoms with Gasteiger partial charge in [0.25, 0.3) is 0 Å². The van der Waals surface area contributed by atoms with Crippen LogP contribution in [0.5, 0.6) is 0 Å². The summed E-state index contributed by atoms with van der Waals surface area (Å²) in [5.41, 5.74) is 1.78. The van der Waals surface area contributed by atoms with E-state index >= 15 is 0 Å². The fourth-order valence-electron chi connectivity index (χ4n) is 3.16. The first-order valence-electron chi connectivity index (χ1n) is 8.95. The highest BCUT2D eigenvalue weighted by Crippen LogP contribution is 2.16. The van der Waals surface area contributed by atoms with E-state index in [4.69, 9.17) is 4.99 Å². The third kappa shape index (κ3) is 5.48. The largest absolute Gasteiger partial charge is 0.357 e. The molecule has 1 unspecified atom stereocenters. The Morgan fingerprint density at radius 1 is 1.42 bits per heavy atom. The molecule has 1 N–H and O–H groups in total. The summed E-state index contributed by atoms with van der Waals surface area (Å²) in [5.74, 6) is 1.54. The number of nitrogens with one attached hydrogen (secondary N) is 1. The van der Waals surface area contributed by atoms with Crippen LogP contribution >= 0.6 is 0 Å². The van der Waals surface area contributed by atoms with E-state index in [1.165, 1.54) is 12.8 Å². The second-order valence-corrected chi connectivity index (χ2v) is 7.03. The molecule has 1 saturated heterocycles. The minimum atomic E-state index is -0.145. The van der Waals surface area contributed by atoms with Gasteiger partial charge in [-0.05, 0) is 57.5 Å². The molecule has 1 atom stereocenters. The summed E-state index contributed by atoms with van der Waals surface area (Å²) in [6, 6.07) is 5.32. The van der Waals surface area contributed by atoms with Crippen molar-refractivity contribution in [1.29, 1.82) is 0 Å². The Morgan fingerprint density at radius 3 is 2.88 bits per heavy atom. The van der Waals surface area contributed by atoms with Crippen LogP contribution in [0.3, 0.4) is 0 Å². The Labute approximate surface area is 145 Å². The number of guanidine groups is 1. The maximum atomic E-state index is 13.9. The fraction of sp³-hybridized carbons (Fsp3) is 0.632. The molecule has 0 radical (unpaired) electrons. The second-order valence-electron chi connectivity index (χ2n) is 7.03. The van der Waals surface area contributed by atoms with Crippen LogP contribution in [0.25, 0.3) is 0 Å². The van der Waals surface area contributed by atoms with Crippen molar-refractivity contribution < 1.29 is 4.39 Å². The number of hydrogen-bond acceptors (Lipinski definition) is 2. The number of nitrogens with zero attached hydrogens (tertiary/aromatic N) is 3. The lowest BCUT2D eigenvalue weighted by Crippen LogP contribution is -2.46. The van der Waals surface area contributed by atoms with Crippen molar-refractivity contribution >= 4 is 5.96 Å². The molecule has 0 bridgehead atoms. The fourth-order valence-corrected chi connectivity index (χ4v) is 3.16. The molecular weight excluding hydrogens is 303 g/mol. The third-order valence-electron chi connectivity index (χ3n) is 4.30. The Kier molecular flexibility index (Phi) is 7.03. The van der Waals surface area contributed by atoms with Gasteiger partial charge in [0.15, 0.2) is 5.96 Å². The van der Waals surface area contributed by atoms with Crippen LogP contribution in [0.1, 0.15) is 37.8 Å². The maximum Gasteiger partial charge on any atom is 0.194 e. The average molecular weight is 334 g/mol. The molecule has 1 aromatic carbocycles. The number of benzene rings is 1. The first-order chi connectivity index (χ1) is 11.5. The number of aliphatic imine (C=N–C) groups is 1. The molecule has 0 aliphatic carbocycles. The lowest BCUT2D eigenvalue weighted by molar-refractivity contribution is 0.266. The topological polar surface area (TPSA) is 30.9 Å². The van der Waals surface area contributed by atoms with Crippen molar-refractivity contribution in [3.05, 3.63) is 35.1 Å². The summed E-state index contributed by atoms with van der Waals surface area (Å²) in [5, 5.41) is 3.39. The summed E-state index contributed by atoms with van der Waals surface area (Å²) < 4.78 is 13.9. The molecular formula is C19H31FN4. The predicted molar refractivity (Wildman–Crippen MR) is 98.6 cm³/mol. The number of likely N-dealkylation sites (tertiary alicyclic amines) is 1. The highest BCUT2D eigenvalue weighted by Gasteiger charge is 2.19. The van der Waals surface area contributed by atoms with Crippen LogP contribution < -0.4 is 5.32 Å². The highest BCUT2D eigenvalue weighted by molar-refractivity contribution is 5.80. The van der Waals surface area contributed by atoms with Crippen LogP contribution in [-0.4, -0.2) is 49.5 Å². The molecule has 1 heterocycles. The summed E-state index contributed by atoms with van der Waals surface area (Å²) in [6.07, 6.45) is 2.51. The van der Waals surface area contributed by atoms with Gasteiger partial charge in [0.2, 0.25) is 0 Å². The van der Waals surface area contributed by atoms with E-state index in [0.29, 0.717) is 19.0 Å². The van der Waals surface area contributed by atoms with Crippen LogP contribution in [0.15, 0.2) is 23.2 Å². The van der Waals surface area contributed by atoms with Crippen LogP contribution in [-0.2, 0) is 13.1 Å². The average Bonchev–Trinajstić information content (AvgIpc) is 2.53. The van der Waals surface area contributed by atoms with Gasteiger partial charge in [0.1, 0.15) is 5.82 Å². The van der Waals surface area contributed by atoms with Gasteiger partial charge in [-0.1, -0.05) is 13.0 Å². The lowest BCUT2D eigenvalue weighted by atomic mass is 10.0. The minimum Gasteiger partial charge on any atom is -0.357 e. The van der Waals surface area contributed by atoms with Gasteiger partial charge in [-0.25, -0.2) is 9.38 Å². The Balaban J connectivity index is 2.10. The van der Waals surface area contributed by atoms with Crippen LogP contribution in [0, 0.1) is 11.7 Å². The van der Waals surface area contributed by atoms with E-state index < -0.39 is 0 Å². The number of rotatable bonds is 5. The second kappa shape index (κ2) is 9.02. The van der Waals surface area contributed by atoms with E-state index in [-0.39, 0.29) is 5.82 Å². The number of piperidine rings is 1.